The van der Waals surface area contributed by atoms with Gasteiger partial charge in [0.2, 0.25) is 5.91 Å². The molecule has 0 saturated carbocycles. The Bertz CT molecular complexity index is 1380. The third-order valence-electron chi connectivity index (χ3n) is 6.02. The average molecular weight is 483 g/mol. The van der Waals surface area contributed by atoms with Gasteiger partial charge < -0.3 is 4.90 Å². The van der Waals surface area contributed by atoms with Crippen LogP contribution in [-0.2, 0) is 11.3 Å². The second-order valence-corrected chi connectivity index (χ2v) is 10.2. The molecule has 1 aliphatic rings. The van der Waals surface area contributed by atoms with E-state index in [9.17, 15) is 14.0 Å². The Morgan fingerprint density at radius 2 is 2.06 bits per heavy atom. The minimum Gasteiger partial charge on any atom is -0.339 e. The largest absolute Gasteiger partial charge is 0.339 e. The summed E-state index contributed by atoms with van der Waals surface area (Å²) >= 11 is 2.61. The van der Waals surface area contributed by atoms with Gasteiger partial charge in [-0.1, -0.05) is 23.9 Å². The molecule has 1 fully saturated rings. The zero-order valence-electron chi connectivity index (χ0n) is 18.2. The molecule has 9 heteroatoms. The SMILES string of the molecule is C[C@@H]1CCCCN1C(=O)CSc1nc2c(sc3ncccc32)c(=O)n1Cc1ccc(F)cc1. The van der Waals surface area contributed by atoms with Crippen LogP contribution in [0.2, 0.25) is 0 Å². The first-order chi connectivity index (χ1) is 16.0. The highest BCUT2D eigenvalue weighted by Crippen LogP contribution is 2.31. The maximum absolute atomic E-state index is 13.5. The van der Waals surface area contributed by atoms with Crippen molar-refractivity contribution in [2.24, 2.45) is 0 Å². The average Bonchev–Trinajstić information content (AvgIpc) is 3.20. The fourth-order valence-corrected chi connectivity index (χ4v) is 6.15. The van der Waals surface area contributed by atoms with Crippen molar-refractivity contribution in [3.63, 3.8) is 0 Å². The summed E-state index contributed by atoms with van der Waals surface area (Å²) in [5.41, 5.74) is 1.23. The molecule has 0 aliphatic carbocycles. The third-order valence-corrected chi connectivity index (χ3v) is 8.07. The summed E-state index contributed by atoms with van der Waals surface area (Å²) in [6.07, 6.45) is 4.88. The van der Waals surface area contributed by atoms with Gasteiger partial charge in [-0.05, 0) is 56.0 Å². The van der Waals surface area contributed by atoms with E-state index in [1.54, 1.807) is 22.9 Å². The molecular weight excluding hydrogens is 459 g/mol. The van der Waals surface area contributed by atoms with Gasteiger partial charge >= 0.3 is 0 Å². The van der Waals surface area contributed by atoms with E-state index in [0.29, 0.717) is 15.4 Å². The molecule has 33 heavy (non-hydrogen) atoms. The number of piperidine rings is 1. The van der Waals surface area contributed by atoms with Crippen LogP contribution in [0.25, 0.3) is 20.4 Å². The molecule has 1 atom stereocenters. The van der Waals surface area contributed by atoms with Crippen LogP contribution in [0.1, 0.15) is 31.7 Å². The van der Waals surface area contributed by atoms with Crippen molar-refractivity contribution < 1.29 is 9.18 Å². The number of benzene rings is 1. The molecule has 1 amide bonds. The standard InChI is InChI=1S/C24H23FN4O2S2/c1-15-5-2-3-12-28(15)19(30)14-32-24-27-20-18-6-4-11-26-22(18)33-21(20)23(31)29(24)13-16-7-9-17(25)10-8-16/h4,6-11,15H,2-3,5,12-14H2,1H3/t15-/m1/s1. The molecule has 0 unspecified atom stereocenters. The predicted molar refractivity (Wildman–Crippen MR) is 130 cm³/mol. The third kappa shape index (κ3) is 4.39. The normalized spacial score (nSPS) is 16.5. The van der Waals surface area contributed by atoms with Gasteiger partial charge in [0.05, 0.1) is 17.8 Å². The van der Waals surface area contributed by atoms with E-state index >= 15 is 0 Å². The molecule has 3 aromatic heterocycles. The molecule has 1 aromatic carbocycles. The monoisotopic (exact) mass is 482 g/mol. The summed E-state index contributed by atoms with van der Waals surface area (Å²) in [5.74, 6) is -0.0516. The van der Waals surface area contributed by atoms with Gasteiger partial charge in [0, 0.05) is 24.2 Å². The topological polar surface area (TPSA) is 68.1 Å². The second-order valence-electron chi connectivity index (χ2n) is 8.27. The summed E-state index contributed by atoms with van der Waals surface area (Å²) < 4.78 is 15.5. The minimum absolute atomic E-state index is 0.0618. The van der Waals surface area contributed by atoms with Crippen molar-refractivity contribution >= 4 is 49.4 Å². The van der Waals surface area contributed by atoms with Crippen molar-refractivity contribution in [2.75, 3.05) is 12.3 Å². The number of thiophene rings is 1. The first-order valence-electron chi connectivity index (χ1n) is 11.0. The number of aromatic nitrogens is 3. The fraction of sp³-hybridized carbons (Fsp3) is 0.333. The molecule has 1 saturated heterocycles. The number of fused-ring (bicyclic) bond motifs is 3. The highest BCUT2D eigenvalue weighted by atomic mass is 32.2. The minimum atomic E-state index is -0.328. The van der Waals surface area contributed by atoms with Gasteiger partial charge in [-0.3, -0.25) is 14.2 Å². The first kappa shape index (κ1) is 22.0. The highest BCUT2D eigenvalue weighted by molar-refractivity contribution is 7.99. The van der Waals surface area contributed by atoms with Crippen LogP contribution < -0.4 is 5.56 Å². The number of rotatable bonds is 5. The molecule has 5 rings (SSSR count). The molecular formula is C24H23FN4O2S2. The smallest absolute Gasteiger partial charge is 0.272 e. The number of halogens is 1. The summed E-state index contributed by atoms with van der Waals surface area (Å²) in [6.45, 7) is 3.11. The van der Waals surface area contributed by atoms with E-state index < -0.39 is 0 Å². The maximum atomic E-state index is 13.5. The Morgan fingerprint density at radius 1 is 1.24 bits per heavy atom. The number of thioether (sulfide) groups is 1. The molecule has 0 spiro atoms. The Hall–Kier alpha value is -2.78. The van der Waals surface area contributed by atoms with Gasteiger partial charge in [-0.15, -0.1) is 11.3 Å². The lowest BCUT2D eigenvalue weighted by molar-refractivity contribution is -0.131. The van der Waals surface area contributed by atoms with Crippen LogP contribution in [0.15, 0.2) is 52.5 Å². The summed E-state index contributed by atoms with van der Waals surface area (Å²) in [4.78, 5) is 38.3. The number of carbonyl (C=O) groups excluding carboxylic acids is 1. The number of amides is 1. The number of nitrogens with zero attached hydrogens (tertiary/aromatic N) is 4. The molecule has 0 radical (unpaired) electrons. The van der Waals surface area contributed by atoms with Crippen LogP contribution in [0.4, 0.5) is 4.39 Å². The van der Waals surface area contributed by atoms with Gasteiger partial charge in [-0.2, -0.15) is 0 Å². The number of likely N-dealkylation sites (tertiary alicyclic amines) is 1. The van der Waals surface area contributed by atoms with E-state index in [4.69, 9.17) is 4.98 Å². The summed E-state index contributed by atoms with van der Waals surface area (Å²) in [5, 5.41) is 1.32. The Kier molecular flexibility index (Phi) is 6.16. The van der Waals surface area contributed by atoms with Crippen LogP contribution >= 0.6 is 23.1 Å². The van der Waals surface area contributed by atoms with Crippen LogP contribution in [0.3, 0.4) is 0 Å². The summed E-state index contributed by atoms with van der Waals surface area (Å²) in [7, 11) is 0. The number of hydrogen-bond acceptors (Lipinski definition) is 6. The van der Waals surface area contributed by atoms with Gasteiger partial charge in [0.25, 0.3) is 5.56 Å². The van der Waals surface area contributed by atoms with Crippen LogP contribution in [0, 0.1) is 5.82 Å². The Morgan fingerprint density at radius 3 is 2.85 bits per heavy atom. The summed E-state index contributed by atoms with van der Waals surface area (Å²) in [6, 6.07) is 10.0. The molecule has 0 bridgehead atoms. The van der Waals surface area contributed by atoms with Crippen LogP contribution in [0.5, 0.6) is 0 Å². The van der Waals surface area contributed by atoms with E-state index in [0.717, 1.165) is 41.6 Å². The van der Waals surface area contributed by atoms with E-state index in [1.165, 1.54) is 35.2 Å². The molecule has 6 nitrogen and oxygen atoms in total. The zero-order valence-corrected chi connectivity index (χ0v) is 19.8. The highest BCUT2D eigenvalue weighted by Gasteiger charge is 2.24. The lowest BCUT2D eigenvalue weighted by atomic mass is 10.0. The van der Waals surface area contributed by atoms with Crippen molar-refractivity contribution in [3.05, 3.63) is 64.3 Å². The molecule has 170 valence electrons. The Labute approximate surface area is 198 Å². The zero-order chi connectivity index (χ0) is 22.9. The van der Waals surface area contributed by atoms with Gasteiger partial charge in [0.1, 0.15) is 15.3 Å². The second kappa shape index (κ2) is 9.23. The van der Waals surface area contributed by atoms with Gasteiger partial charge in [-0.25, -0.2) is 14.4 Å². The molecule has 1 aliphatic heterocycles. The van der Waals surface area contributed by atoms with Crippen molar-refractivity contribution in [2.45, 2.75) is 43.9 Å². The van der Waals surface area contributed by atoms with E-state index in [1.807, 2.05) is 17.0 Å². The quantitative estimate of drug-likeness (QED) is 0.305. The lowest BCUT2D eigenvalue weighted by Crippen LogP contribution is -2.43. The fourth-order valence-electron chi connectivity index (χ4n) is 4.24. The van der Waals surface area contributed by atoms with E-state index in [-0.39, 0.29) is 35.6 Å². The Balaban J connectivity index is 1.54. The van der Waals surface area contributed by atoms with Crippen LogP contribution in [-0.4, -0.2) is 43.7 Å². The molecule has 0 N–H and O–H groups in total. The first-order valence-corrected chi connectivity index (χ1v) is 12.8. The predicted octanol–water partition coefficient (Wildman–Crippen LogP) is 4.69. The number of hydrogen-bond donors (Lipinski definition) is 0. The van der Waals surface area contributed by atoms with Crippen molar-refractivity contribution in [3.8, 4) is 0 Å². The lowest BCUT2D eigenvalue weighted by Gasteiger charge is -2.33. The van der Waals surface area contributed by atoms with Gasteiger partial charge in [0.15, 0.2) is 5.16 Å². The number of carbonyl (C=O) groups is 1. The van der Waals surface area contributed by atoms with E-state index in [2.05, 4.69) is 11.9 Å². The van der Waals surface area contributed by atoms with Crippen molar-refractivity contribution in [1.29, 1.82) is 0 Å². The van der Waals surface area contributed by atoms with Crippen molar-refractivity contribution in [1.82, 2.24) is 19.4 Å². The molecule has 4 heterocycles. The molecule has 4 aromatic rings. The maximum Gasteiger partial charge on any atom is 0.272 e. The number of pyridine rings is 1.